The Bertz CT molecular complexity index is 1280. The summed E-state index contributed by atoms with van der Waals surface area (Å²) >= 11 is 0. The summed E-state index contributed by atoms with van der Waals surface area (Å²) in [5.74, 6) is -3.14. The molecule has 0 radical (unpaired) electrons. The Morgan fingerprint density at radius 3 is 2.32 bits per heavy atom. The molecule has 0 saturated heterocycles. The molecule has 0 bridgehead atoms. The van der Waals surface area contributed by atoms with Gasteiger partial charge in [-0.05, 0) is 36.4 Å². The fourth-order valence-electron chi connectivity index (χ4n) is 3.32. The van der Waals surface area contributed by atoms with Crippen molar-refractivity contribution in [3.8, 4) is 23.0 Å². The van der Waals surface area contributed by atoms with Crippen LogP contribution >= 0.6 is 0 Å². The second-order valence-electron chi connectivity index (χ2n) is 6.94. The first-order chi connectivity index (χ1) is 16.4. The third-order valence-corrected chi connectivity index (χ3v) is 5.05. The van der Waals surface area contributed by atoms with E-state index in [1.807, 2.05) is 0 Å². The minimum atomic E-state index is -2.94. The molecular weight excluding hydrogens is 460 g/mol. The van der Waals surface area contributed by atoms with Gasteiger partial charge >= 0.3 is 6.61 Å². The second kappa shape index (κ2) is 9.61. The van der Waals surface area contributed by atoms with E-state index >= 15 is 0 Å². The fourth-order valence-corrected chi connectivity index (χ4v) is 3.32. The molecule has 0 unspecified atom stereocenters. The van der Waals surface area contributed by atoms with Gasteiger partial charge in [-0.2, -0.15) is 8.78 Å². The Balaban J connectivity index is 1.67. The number of ether oxygens (including phenoxy) is 4. The zero-order chi connectivity index (χ0) is 24.3. The van der Waals surface area contributed by atoms with E-state index in [2.05, 4.69) is 19.9 Å². The van der Waals surface area contributed by atoms with Gasteiger partial charge in [0, 0.05) is 25.3 Å². The Hall–Kier alpha value is -3.77. The van der Waals surface area contributed by atoms with E-state index in [4.69, 9.17) is 14.2 Å². The second-order valence-corrected chi connectivity index (χ2v) is 6.94. The summed E-state index contributed by atoms with van der Waals surface area (Å²) in [6, 6.07) is 9.04. The first kappa shape index (κ1) is 23.4. The summed E-state index contributed by atoms with van der Waals surface area (Å²) in [6.07, 6.45) is 2.85. The Kier molecular flexibility index (Phi) is 6.61. The van der Waals surface area contributed by atoms with Crippen molar-refractivity contribution in [3.05, 3.63) is 72.1 Å². The Morgan fingerprint density at radius 2 is 1.68 bits per heavy atom. The molecule has 0 aliphatic carbocycles. The first-order valence-corrected chi connectivity index (χ1v) is 9.80. The molecule has 0 saturated carbocycles. The van der Waals surface area contributed by atoms with Crippen molar-refractivity contribution in [2.45, 2.75) is 12.4 Å². The third kappa shape index (κ3) is 4.50. The van der Waals surface area contributed by atoms with Crippen molar-refractivity contribution >= 4 is 5.65 Å². The van der Waals surface area contributed by atoms with Gasteiger partial charge in [-0.1, -0.05) is 6.07 Å². The lowest BCUT2D eigenvalue weighted by atomic mass is 10.1. The van der Waals surface area contributed by atoms with Crippen LogP contribution in [0, 0.1) is 11.6 Å². The summed E-state index contributed by atoms with van der Waals surface area (Å²) in [6.45, 7) is -3.22. The van der Waals surface area contributed by atoms with E-state index in [9.17, 15) is 17.6 Å². The summed E-state index contributed by atoms with van der Waals surface area (Å²) in [5.41, 5.74) is 1.07. The molecule has 0 amide bonds. The van der Waals surface area contributed by atoms with Crippen molar-refractivity contribution in [1.82, 2.24) is 19.6 Å². The first-order valence-electron chi connectivity index (χ1n) is 9.80. The molecular formula is C22H18F4N4O4. The number of halogens is 4. The molecule has 0 spiro atoms. The number of hydrogen-bond donors (Lipinski definition) is 0. The zero-order valence-electron chi connectivity index (χ0n) is 17.9. The molecule has 2 aromatic heterocycles. The number of alkyl halides is 2. The topological polar surface area (TPSA) is 80.0 Å². The molecule has 178 valence electrons. The molecule has 34 heavy (non-hydrogen) atoms. The van der Waals surface area contributed by atoms with Gasteiger partial charge in [-0.3, -0.25) is 4.98 Å². The molecule has 0 aliphatic heterocycles. The van der Waals surface area contributed by atoms with Gasteiger partial charge in [0.1, 0.15) is 12.4 Å². The molecule has 12 heteroatoms. The van der Waals surface area contributed by atoms with Crippen LogP contribution in [-0.2, 0) is 15.3 Å². The molecule has 4 rings (SSSR count). The van der Waals surface area contributed by atoms with Crippen molar-refractivity contribution in [2.75, 3.05) is 20.8 Å². The zero-order valence-corrected chi connectivity index (χ0v) is 17.9. The SMILES string of the molecule is COC(COc1cncc2nnc(-c3ccc(OC(F)F)cc3)n12)(OC)c1ccc(F)c(F)c1. The molecule has 0 aliphatic rings. The monoisotopic (exact) mass is 478 g/mol. The van der Waals surface area contributed by atoms with Crippen molar-refractivity contribution in [3.63, 3.8) is 0 Å². The van der Waals surface area contributed by atoms with Crippen molar-refractivity contribution < 1.29 is 36.5 Å². The molecule has 4 aromatic rings. The normalized spacial score (nSPS) is 11.9. The van der Waals surface area contributed by atoms with Gasteiger partial charge in [-0.15, -0.1) is 10.2 Å². The van der Waals surface area contributed by atoms with E-state index in [0.29, 0.717) is 17.0 Å². The van der Waals surface area contributed by atoms with Crippen LogP contribution < -0.4 is 9.47 Å². The average Bonchev–Trinajstić information content (AvgIpc) is 3.27. The number of rotatable bonds is 9. The number of fused-ring (bicyclic) bond motifs is 1. The summed E-state index contributed by atoms with van der Waals surface area (Å²) in [4.78, 5) is 4.07. The van der Waals surface area contributed by atoms with Gasteiger partial charge in [0.05, 0.1) is 12.4 Å². The smallest absolute Gasteiger partial charge is 0.387 e. The fraction of sp³-hybridized carbons (Fsp3) is 0.227. The summed E-state index contributed by atoms with van der Waals surface area (Å²) < 4.78 is 74.9. The molecule has 2 heterocycles. The standard InChI is InChI=1S/C22H18F4N4O4/c1-31-22(32-2,14-5-8-16(23)17(24)9-14)12-33-19-11-27-10-18-28-29-20(30(18)19)13-3-6-15(7-4-13)34-21(25)26/h3-11,21H,12H2,1-2H3. The van der Waals surface area contributed by atoms with Crippen LogP contribution in [0.2, 0.25) is 0 Å². The number of benzene rings is 2. The van der Waals surface area contributed by atoms with Gasteiger partial charge in [0.15, 0.2) is 23.1 Å². The number of nitrogens with zero attached hydrogens (tertiary/aromatic N) is 4. The van der Waals surface area contributed by atoms with Crippen LogP contribution in [0.3, 0.4) is 0 Å². The summed E-state index contributed by atoms with van der Waals surface area (Å²) in [7, 11) is 2.67. The quantitative estimate of drug-likeness (QED) is 0.264. The van der Waals surface area contributed by atoms with Crippen LogP contribution in [0.25, 0.3) is 17.0 Å². The maximum atomic E-state index is 13.8. The Labute approximate surface area is 190 Å². The van der Waals surface area contributed by atoms with Crippen molar-refractivity contribution in [2.24, 2.45) is 0 Å². The maximum Gasteiger partial charge on any atom is 0.387 e. The summed E-state index contributed by atoms with van der Waals surface area (Å²) in [5, 5.41) is 8.19. The molecule has 0 fully saturated rings. The predicted octanol–water partition coefficient (Wildman–Crippen LogP) is 4.20. The molecule has 0 atom stereocenters. The highest BCUT2D eigenvalue weighted by Gasteiger charge is 2.35. The van der Waals surface area contributed by atoms with Gasteiger partial charge in [0.25, 0.3) is 0 Å². The minimum Gasteiger partial charge on any atom is -0.471 e. The van der Waals surface area contributed by atoms with E-state index in [1.165, 1.54) is 61.3 Å². The molecule has 2 aromatic carbocycles. The van der Waals surface area contributed by atoms with Crippen LogP contribution in [0.1, 0.15) is 5.56 Å². The van der Waals surface area contributed by atoms with Crippen LogP contribution in [0.5, 0.6) is 11.6 Å². The highest BCUT2D eigenvalue weighted by atomic mass is 19.3. The highest BCUT2D eigenvalue weighted by molar-refractivity contribution is 5.61. The van der Waals surface area contributed by atoms with E-state index in [0.717, 1.165) is 12.1 Å². The lowest BCUT2D eigenvalue weighted by Gasteiger charge is -2.31. The van der Waals surface area contributed by atoms with E-state index < -0.39 is 24.0 Å². The van der Waals surface area contributed by atoms with Crippen molar-refractivity contribution in [1.29, 1.82) is 0 Å². The maximum absolute atomic E-state index is 13.8. The molecule has 0 N–H and O–H groups in total. The van der Waals surface area contributed by atoms with Crippen LogP contribution in [0.15, 0.2) is 54.9 Å². The number of hydrogen-bond acceptors (Lipinski definition) is 7. The van der Waals surface area contributed by atoms with E-state index in [-0.39, 0.29) is 23.8 Å². The van der Waals surface area contributed by atoms with Crippen LogP contribution in [-0.4, -0.2) is 47.0 Å². The minimum absolute atomic E-state index is 0.0118. The van der Waals surface area contributed by atoms with Crippen LogP contribution in [0.4, 0.5) is 17.6 Å². The number of aromatic nitrogens is 4. The number of methoxy groups -OCH3 is 2. The van der Waals surface area contributed by atoms with Gasteiger partial charge in [-0.25, -0.2) is 13.2 Å². The predicted molar refractivity (Wildman–Crippen MR) is 110 cm³/mol. The lowest BCUT2D eigenvalue weighted by molar-refractivity contribution is -0.232. The van der Waals surface area contributed by atoms with Gasteiger partial charge in [0.2, 0.25) is 11.7 Å². The average molecular weight is 478 g/mol. The van der Waals surface area contributed by atoms with E-state index in [1.54, 1.807) is 0 Å². The van der Waals surface area contributed by atoms with Gasteiger partial charge < -0.3 is 18.9 Å². The third-order valence-electron chi connectivity index (χ3n) is 5.05. The Morgan fingerprint density at radius 1 is 0.941 bits per heavy atom. The lowest BCUT2D eigenvalue weighted by Crippen LogP contribution is -2.38. The molecule has 8 nitrogen and oxygen atoms in total. The largest absolute Gasteiger partial charge is 0.471 e. The highest BCUT2D eigenvalue weighted by Crippen LogP contribution is 2.30.